The molecule has 2 rings (SSSR count). The summed E-state index contributed by atoms with van der Waals surface area (Å²) in [5.41, 5.74) is 1.07. The summed E-state index contributed by atoms with van der Waals surface area (Å²) in [7, 11) is 0. The maximum absolute atomic E-state index is 9.22. The molecule has 2 unspecified atom stereocenters. The van der Waals surface area contributed by atoms with E-state index in [-0.39, 0.29) is 18.6 Å². The molecule has 1 aliphatic rings. The molecular weight excluding hydrogens is 279 g/mol. The van der Waals surface area contributed by atoms with Crippen molar-refractivity contribution in [2.75, 3.05) is 13.2 Å². The smallest absolute Gasteiger partial charge is 0.0886 e. The molecule has 15 heavy (non-hydrogen) atoms. The number of halogens is 2. The first kappa shape index (κ1) is 11.4. The highest BCUT2D eigenvalue weighted by atomic mass is 79.9. The predicted octanol–water partition coefficient (Wildman–Crippen LogP) is 3.17. The maximum Gasteiger partial charge on any atom is 0.0886 e. The molecule has 2 nitrogen and oxygen atoms in total. The Morgan fingerprint density at radius 1 is 1.53 bits per heavy atom. The van der Waals surface area contributed by atoms with Gasteiger partial charge in [-0.1, -0.05) is 33.6 Å². The lowest BCUT2D eigenvalue weighted by atomic mass is 9.96. The fraction of sp³-hybridized carbons (Fsp3) is 0.455. The molecule has 0 saturated carbocycles. The molecule has 1 aromatic carbocycles. The topological polar surface area (TPSA) is 29.5 Å². The zero-order valence-corrected chi connectivity index (χ0v) is 10.5. The summed E-state index contributed by atoms with van der Waals surface area (Å²) in [4.78, 5) is 0. The minimum atomic E-state index is -0.0124. The molecular formula is C11H12BrClO2. The summed E-state index contributed by atoms with van der Waals surface area (Å²) in [6.07, 6.45) is 0.901. The third kappa shape index (κ3) is 2.36. The van der Waals surface area contributed by atoms with Gasteiger partial charge in [-0.25, -0.2) is 0 Å². The van der Waals surface area contributed by atoms with Crippen LogP contribution in [0.4, 0.5) is 0 Å². The Morgan fingerprint density at radius 2 is 2.33 bits per heavy atom. The molecule has 82 valence electrons. The van der Waals surface area contributed by atoms with Crippen molar-refractivity contribution < 1.29 is 9.84 Å². The largest absolute Gasteiger partial charge is 0.396 e. The van der Waals surface area contributed by atoms with Crippen LogP contribution in [-0.4, -0.2) is 18.3 Å². The molecule has 0 aliphatic carbocycles. The minimum absolute atomic E-state index is 0.0124. The number of hydrogen-bond acceptors (Lipinski definition) is 2. The highest BCUT2D eigenvalue weighted by Gasteiger charge is 2.30. The van der Waals surface area contributed by atoms with Gasteiger partial charge in [0.15, 0.2) is 0 Å². The highest BCUT2D eigenvalue weighted by Crippen LogP contribution is 2.38. The molecule has 0 spiro atoms. The Morgan fingerprint density at radius 3 is 3.00 bits per heavy atom. The zero-order valence-electron chi connectivity index (χ0n) is 8.12. The van der Waals surface area contributed by atoms with E-state index in [0.29, 0.717) is 11.6 Å². The van der Waals surface area contributed by atoms with E-state index in [4.69, 9.17) is 16.3 Å². The summed E-state index contributed by atoms with van der Waals surface area (Å²) in [6.45, 7) is 0.880. The summed E-state index contributed by atoms with van der Waals surface area (Å²) in [6, 6.07) is 5.65. The Kier molecular flexibility index (Phi) is 3.67. The highest BCUT2D eigenvalue weighted by molar-refractivity contribution is 9.10. The van der Waals surface area contributed by atoms with Gasteiger partial charge in [0, 0.05) is 28.6 Å². The van der Waals surface area contributed by atoms with Crippen molar-refractivity contribution in [3.8, 4) is 0 Å². The van der Waals surface area contributed by atoms with Gasteiger partial charge in [-0.3, -0.25) is 0 Å². The lowest BCUT2D eigenvalue weighted by Crippen LogP contribution is -2.11. The predicted molar refractivity (Wildman–Crippen MR) is 63.0 cm³/mol. The molecule has 1 saturated heterocycles. The Hall–Kier alpha value is -0.0900. The standard InChI is InChI=1S/C11H12BrClO2/c12-10-5-8(13)1-2-9(10)11-7(6-14)3-4-15-11/h1-2,5,7,11,14H,3-4,6H2. The van der Waals surface area contributed by atoms with Crippen LogP contribution in [-0.2, 0) is 4.74 Å². The van der Waals surface area contributed by atoms with Gasteiger partial charge in [0.05, 0.1) is 6.10 Å². The van der Waals surface area contributed by atoms with Crippen molar-refractivity contribution in [2.45, 2.75) is 12.5 Å². The van der Waals surface area contributed by atoms with Gasteiger partial charge in [-0.2, -0.15) is 0 Å². The second kappa shape index (κ2) is 4.83. The summed E-state index contributed by atoms with van der Waals surface area (Å²) < 4.78 is 6.57. The third-order valence-corrected chi connectivity index (χ3v) is 3.64. The van der Waals surface area contributed by atoms with Gasteiger partial charge in [-0.05, 0) is 24.1 Å². The van der Waals surface area contributed by atoms with Gasteiger partial charge in [-0.15, -0.1) is 0 Å². The molecule has 0 radical (unpaired) electrons. The van der Waals surface area contributed by atoms with Crippen LogP contribution in [0.1, 0.15) is 18.1 Å². The molecule has 0 amide bonds. The number of aliphatic hydroxyl groups is 1. The van der Waals surface area contributed by atoms with Gasteiger partial charge in [0.2, 0.25) is 0 Å². The van der Waals surface area contributed by atoms with E-state index in [1.54, 1.807) is 0 Å². The van der Waals surface area contributed by atoms with Crippen LogP contribution < -0.4 is 0 Å². The maximum atomic E-state index is 9.22. The Balaban J connectivity index is 2.28. The zero-order chi connectivity index (χ0) is 10.8. The lowest BCUT2D eigenvalue weighted by Gasteiger charge is -2.18. The van der Waals surface area contributed by atoms with E-state index in [2.05, 4.69) is 15.9 Å². The van der Waals surface area contributed by atoms with Crippen molar-refractivity contribution in [2.24, 2.45) is 5.92 Å². The van der Waals surface area contributed by atoms with Crippen LogP contribution in [0, 0.1) is 5.92 Å². The molecule has 1 fully saturated rings. The van der Waals surface area contributed by atoms with E-state index in [0.717, 1.165) is 16.5 Å². The quantitative estimate of drug-likeness (QED) is 0.907. The third-order valence-electron chi connectivity index (χ3n) is 2.72. The molecule has 2 atom stereocenters. The Labute approximate surface area is 102 Å². The summed E-state index contributed by atoms with van der Waals surface area (Å²) in [5.74, 6) is 0.197. The van der Waals surface area contributed by atoms with E-state index < -0.39 is 0 Å². The molecule has 0 bridgehead atoms. The van der Waals surface area contributed by atoms with Crippen LogP contribution in [0.3, 0.4) is 0 Å². The van der Waals surface area contributed by atoms with E-state index in [1.807, 2.05) is 18.2 Å². The SMILES string of the molecule is OCC1CCOC1c1ccc(Cl)cc1Br. The first-order valence-electron chi connectivity index (χ1n) is 4.90. The molecule has 1 aromatic rings. The summed E-state index contributed by atoms with van der Waals surface area (Å²) >= 11 is 9.34. The van der Waals surface area contributed by atoms with E-state index in [1.165, 1.54) is 0 Å². The van der Waals surface area contributed by atoms with Crippen LogP contribution in [0.2, 0.25) is 5.02 Å². The van der Waals surface area contributed by atoms with Crippen molar-refractivity contribution in [1.29, 1.82) is 0 Å². The minimum Gasteiger partial charge on any atom is -0.396 e. The fourth-order valence-electron chi connectivity index (χ4n) is 1.90. The average molecular weight is 292 g/mol. The molecule has 1 heterocycles. The van der Waals surface area contributed by atoms with Crippen LogP contribution >= 0.6 is 27.5 Å². The number of benzene rings is 1. The van der Waals surface area contributed by atoms with Crippen molar-refractivity contribution in [3.63, 3.8) is 0 Å². The van der Waals surface area contributed by atoms with Gasteiger partial charge >= 0.3 is 0 Å². The van der Waals surface area contributed by atoms with Gasteiger partial charge in [0.25, 0.3) is 0 Å². The number of aliphatic hydroxyl groups excluding tert-OH is 1. The number of rotatable bonds is 2. The first-order chi connectivity index (χ1) is 7.22. The molecule has 4 heteroatoms. The Bertz CT molecular complexity index is 356. The van der Waals surface area contributed by atoms with Crippen LogP contribution in [0.15, 0.2) is 22.7 Å². The van der Waals surface area contributed by atoms with Crippen molar-refractivity contribution >= 4 is 27.5 Å². The van der Waals surface area contributed by atoms with Gasteiger partial charge < -0.3 is 9.84 Å². The molecule has 1 N–H and O–H groups in total. The van der Waals surface area contributed by atoms with E-state index >= 15 is 0 Å². The van der Waals surface area contributed by atoms with Crippen molar-refractivity contribution in [3.05, 3.63) is 33.3 Å². The normalized spacial score (nSPS) is 25.8. The van der Waals surface area contributed by atoms with Crippen LogP contribution in [0.5, 0.6) is 0 Å². The molecule has 1 aliphatic heterocycles. The monoisotopic (exact) mass is 290 g/mol. The average Bonchev–Trinajstić information content (AvgIpc) is 2.65. The number of hydrogen-bond donors (Lipinski definition) is 1. The van der Waals surface area contributed by atoms with Gasteiger partial charge in [0.1, 0.15) is 0 Å². The number of ether oxygens (including phenoxy) is 1. The summed E-state index contributed by atoms with van der Waals surface area (Å²) in [5, 5.41) is 9.92. The van der Waals surface area contributed by atoms with E-state index in [9.17, 15) is 5.11 Å². The molecule has 0 aromatic heterocycles. The second-order valence-electron chi connectivity index (χ2n) is 3.69. The lowest BCUT2D eigenvalue weighted by molar-refractivity contribution is 0.0715. The first-order valence-corrected chi connectivity index (χ1v) is 6.07. The van der Waals surface area contributed by atoms with Crippen LogP contribution in [0.25, 0.3) is 0 Å². The van der Waals surface area contributed by atoms with Crippen molar-refractivity contribution in [1.82, 2.24) is 0 Å². The second-order valence-corrected chi connectivity index (χ2v) is 4.98. The fourth-order valence-corrected chi connectivity index (χ4v) is 2.81.